The van der Waals surface area contributed by atoms with Crippen LogP contribution < -0.4 is 5.56 Å². The molecule has 0 unspecified atom stereocenters. The number of thiophene rings is 1. The van der Waals surface area contributed by atoms with E-state index in [2.05, 4.69) is 0 Å². The van der Waals surface area contributed by atoms with Crippen LogP contribution in [0.25, 0.3) is 10.2 Å². The lowest BCUT2D eigenvalue weighted by atomic mass is 10.2. The van der Waals surface area contributed by atoms with Crippen LogP contribution in [0, 0.1) is 12.7 Å². The molecule has 0 aliphatic carbocycles. The van der Waals surface area contributed by atoms with Crippen molar-refractivity contribution in [2.45, 2.75) is 13.5 Å². The van der Waals surface area contributed by atoms with Gasteiger partial charge in [-0.3, -0.25) is 4.79 Å². The van der Waals surface area contributed by atoms with Crippen LogP contribution in [-0.2, 0) is 6.54 Å². The van der Waals surface area contributed by atoms with Crippen LogP contribution in [0.3, 0.4) is 0 Å². The summed E-state index contributed by atoms with van der Waals surface area (Å²) in [7, 11) is 0. The molecule has 0 aliphatic heterocycles. The maximum absolute atomic E-state index is 13.2. The number of aromatic hydroxyl groups is 1. The highest BCUT2D eigenvalue weighted by molar-refractivity contribution is 7.17. The first kappa shape index (κ1) is 12.9. The van der Waals surface area contributed by atoms with Gasteiger partial charge in [-0.2, -0.15) is 0 Å². The summed E-state index contributed by atoms with van der Waals surface area (Å²) in [6.45, 7) is 1.88. The first-order valence-electron chi connectivity index (χ1n) is 6.12. The van der Waals surface area contributed by atoms with Gasteiger partial charge in [0.15, 0.2) is 0 Å². The van der Waals surface area contributed by atoms with E-state index in [9.17, 15) is 14.3 Å². The summed E-state index contributed by atoms with van der Waals surface area (Å²) < 4.78 is 15.5. The van der Waals surface area contributed by atoms with E-state index in [1.165, 1.54) is 23.5 Å². The van der Waals surface area contributed by atoms with Crippen molar-refractivity contribution < 1.29 is 9.50 Å². The minimum absolute atomic E-state index is 0.0375. The van der Waals surface area contributed by atoms with Crippen molar-refractivity contribution in [1.82, 2.24) is 4.57 Å². The van der Waals surface area contributed by atoms with Gasteiger partial charge in [0.05, 0.1) is 22.3 Å². The molecule has 2 heterocycles. The lowest BCUT2D eigenvalue weighted by Crippen LogP contribution is -2.22. The van der Waals surface area contributed by atoms with Gasteiger partial charge in [-0.25, -0.2) is 4.39 Å². The number of benzene rings is 1. The van der Waals surface area contributed by atoms with Gasteiger partial charge in [-0.15, -0.1) is 11.3 Å². The van der Waals surface area contributed by atoms with E-state index < -0.39 is 0 Å². The van der Waals surface area contributed by atoms with Gasteiger partial charge in [0.2, 0.25) is 0 Å². The zero-order valence-corrected chi connectivity index (χ0v) is 11.6. The highest BCUT2D eigenvalue weighted by Gasteiger charge is 2.14. The number of pyridine rings is 1. The Bertz CT molecular complexity index is 851. The number of rotatable bonds is 2. The van der Waals surface area contributed by atoms with Gasteiger partial charge in [-0.05, 0) is 36.1 Å². The standard InChI is InChI=1S/C15H12FNO2S/c1-9-13(18)14-12(5-6-20-14)17(15(9)19)8-10-3-2-4-11(16)7-10/h2-7,18H,8H2,1H3. The Balaban J connectivity index is 2.21. The van der Waals surface area contributed by atoms with E-state index in [-0.39, 0.29) is 23.7 Å². The average Bonchev–Trinajstić information content (AvgIpc) is 2.90. The van der Waals surface area contributed by atoms with Crippen molar-refractivity contribution >= 4 is 21.6 Å². The lowest BCUT2D eigenvalue weighted by Gasteiger charge is -2.11. The maximum atomic E-state index is 13.2. The molecule has 0 saturated carbocycles. The molecular formula is C15H12FNO2S. The molecule has 0 saturated heterocycles. The molecule has 0 spiro atoms. The minimum Gasteiger partial charge on any atom is -0.506 e. The number of nitrogens with zero attached hydrogens (tertiary/aromatic N) is 1. The summed E-state index contributed by atoms with van der Waals surface area (Å²) >= 11 is 1.38. The van der Waals surface area contributed by atoms with E-state index in [0.29, 0.717) is 21.3 Å². The largest absolute Gasteiger partial charge is 0.506 e. The Hall–Kier alpha value is -2.14. The van der Waals surface area contributed by atoms with Crippen LogP contribution in [-0.4, -0.2) is 9.67 Å². The van der Waals surface area contributed by atoms with Crippen LogP contribution >= 0.6 is 11.3 Å². The predicted molar refractivity (Wildman–Crippen MR) is 78.0 cm³/mol. The monoisotopic (exact) mass is 289 g/mol. The van der Waals surface area contributed by atoms with E-state index >= 15 is 0 Å². The van der Waals surface area contributed by atoms with Gasteiger partial charge in [0.25, 0.3) is 5.56 Å². The zero-order chi connectivity index (χ0) is 14.3. The van der Waals surface area contributed by atoms with Crippen molar-refractivity contribution in [2.24, 2.45) is 0 Å². The fourth-order valence-electron chi connectivity index (χ4n) is 2.25. The molecule has 0 amide bonds. The summed E-state index contributed by atoms with van der Waals surface area (Å²) in [6.07, 6.45) is 0. The van der Waals surface area contributed by atoms with Gasteiger partial charge >= 0.3 is 0 Å². The van der Waals surface area contributed by atoms with Crippen LogP contribution in [0.4, 0.5) is 4.39 Å². The van der Waals surface area contributed by atoms with Crippen LogP contribution in [0.2, 0.25) is 0 Å². The maximum Gasteiger partial charge on any atom is 0.258 e. The van der Waals surface area contributed by atoms with E-state index in [4.69, 9.17) is 0 Å². The quantitative estimate of drug-likeness (QED) is 0.786. The summed E-state index contributed by atoms with van der Waals surface area (Å²) in [6, 6.07) is 7.96. The number of hydrogen-bond donors (Lipinski definition) is 1. The van der Waals surface area contributed by atoms with Crippen LogP contribution in [0.5, 0.6) is 5.75 Å². The van der Waals surface area contributed by atoms with Crippen molar-refractivity contribution in [1.29, 1.82) is 0 Å². The van der Waals surface area contributed by atoms with Crippen molar-refractivity contribution in [3.8, 4) is 5.75 Å². The Morgan fingerprint density at radius 2 is 2.15 bits per heavy atom. The van der Waals surface area contributed by atoms with Crippen molar-refractivity contribution in [3.05, 3.63) is 63.0 Å². The molecular weight excluding hydrogens is 277 g/mol. The summed E-state index contributed by atoms with van der Waals surface area (Å²) in [5.41, 5.74) is 1.45. The first-order chi connectivity index (χ1) is 9.58. The molecule has 3 nitrogen and oxygen atoms in total. The van der Waals surface area contributed by atoms with Crippen molar-refractivity contribution in [2.75, 3.05) is 0 Å². The van der Waals surface area contributed by atoms with E-state index in [1.54, 1.807) is 29.7 Å². The fraction of sp³-hybridized carbons (Fsp3) is 0.133. The molecule has 1 aromatic carbocycles. The van der Waals surface area contributed by atoms with Crippen LogP contribution in [0.15, 0.2) is 40.5 Å². The topological polar surface area (TPSA) is 42.2 Å². The van der Waals surface area contributed by atoms with E-state index in [1.807, 2.05) is 5.38 Å². The molecule has 0 radical (unpaired) electrons. The van der Waals surface area contributed by atoms with Gasteiger partial charge < -0.3 is 9.67 Å². The summed E-state index contributed by atoms with van der Waals surface area (Å²) in [4.78, 5) is 12.3. The normalized spacial score (nSPS) is 11.1. The Labute approximate surface area is 118 Å². The second-order valence-corrected chi connectivity index (χ2v) is 5.55. The molecule has 0 bridgehead atoms. The van der Waals surface area contributed by atoms with E-state index in [0.717, 1.165) is 0 Å². The highest BCUT2D eigenvalue weighted by atomic mass is 32.1. The zero-order valence-electron chi connectivity index (χ0n) is 10.8. The van der Waals surface area contributed by atoms with Crippen molar-refractivity contribution in [3.63, 3.8) is 0 Å². The Morgan fingerprint density at radius 1 is 1.35 bits per heavy atom. The summed E-state index contributed by atoms with van der Waals surface area (Å²) in [5.74, 6) is -0.289. The molecule has 2 aromatic heterocycles. The van der Waals surface area contributed by atoms with Crippen LogP contribution in [0.1, 0.15) is 11.1 Å². The summed E-state index contributed by atoms with van der Waals surface area (Å²) in [5, 5.41) is 11.8. The molecule has 20 heavy (non-hydrogen) atoms. The minimum atomic E-state index is -0.326. The van der Waals surface area contributed by atoms with Gasteiger partial charge in [0, 0.05) is 0 Å². The van der Waals surface area contributed by atoms with Gasteiger partial charge in [-0.1, -0.05) is 12.1 Å². The molecule has 1 N–H and O–H groups in total. The Kier molecular flexibility index (Phi) is 3.06. The third-order valence-electron chi connectivity index (χ3n) is 3.30. The Morgan fingerprint density at radius 3 is 2.90 bits per heavy atom. The SMILES string of the molecule is Cc1c(O)c2sccc2n(Cc2cccc(F)c2)c1=O. The molecule has 102 valence electrons. The number of aromatic nitrogens is 1. The number of halogens is 1. The smallest absolute Gasteiger partial charge is 0.258 e. The lowest BCUT2D eigenvalue weighted by molar-refractivity contribution is 0.475. The number of hydrogen-bond acceptors (Lipinski definition) is 3. The molecule has 3 aromatic rings. The molecule has 0 aliphatic rings. The molecule has 0 fully saturated rings. The predicted octanol–water partition coefficient (Wildman–Crippen LogP) is 3.26. The van der Waals surface area contributed by atoms with Gasteiger partial charge in [0.1, 0.15) is 11.6 Å². The fourth-order valence-corrected chi connectivity index (χ4v) is 3.15. The average molecular weight is 289 g/mol. The third kappa shape index (κ3) is 2.00. The molecule has 3 rings (SSSR count). The molecule has 0 atom stereocenters. The third-order valence-corrected chi connectivity index (χ3v) is 4.21. The first-order valence-corrected chi connectivity index (χ1v) is 7.00. The second kappa shape index (κ2) is 4.76. The number of fused-ring (bicyclic) bond motifs is 1. The highest BCUT2D eigenvalue weighted by Crippen LogP contribution is 2.30. The second-order valence-electron chi connectivity index (χ2n) is 4.63. The molecule has 5 heteroatoms.